The van der Waals surface area contributed by atoms with E-state index in [-0.39, 0.29) is 0 Å². The molecule has 0 unspecified atom stereocenters. The fraction of sp³-hybridized carbons (Fsp3) is 0. The third kappa shape index (κ3) is 2.77. The number of hydrogen-bond acceptors (Lipinski definition) is 8. The maximum atomic E-state index is 3.97. The smallest absolute Gasteiger partial charge is 0.183 e. The van der Waals surface area contributed by atoms with Crippen LogP contribution in [0.5, 0.6) is 0 Å². The number of aromatic nitrogens is 6. The van der Waals surface area contributed by atoms with Crippen LogP contribution in [-0.2, 0) is 0 Å². The first-order valence-electron chi connectivity index (χ1n) is 2.16. The van der Waals surface area contributed by atoms with Crippen LogP contribution < -0.4 is 0 Å². The van der Waals surface area contributed by atoms with Crippen LogP contribution in [0.3, 0.4) is 0 Å². The van der Waals surface area contributed by atoms with Crippen LogP contribution in [0, 0.1) is 0 Å². The zero-order valence-electron chi connectivity index (χ0n) is 4.65. The number of hydrogen-bond donors (Lipinski definition) is 0. The highest BCUT2D eigenvalue weighted by atomic mass is 32.1. The predicted octanol–water partition coefficient (Wildman–Crippen LogP) is -0.602. The van der Waals surface area contributed by atoms with Gasteiger partial charge in [0.05, 0.1) is 17.0 Å². The minimum atomic E-state index is 1.10. The van der Waals surface area contributed by atoms with E-state index in [1.807, 2.05) is 0 Å². The van der Waals surface area contributed by atoms with Gasteiger partial charge in [-0.1, -0.05) is 9.59 Å². The minimum Gasteiger partial charge on any atom is -0.222 e. The highest BCUT2D eigenvalue weighted by Gasteiger charge is 1.63. The van der Waals surface area contributed by atoms with Crippen molar-refractivity contribution in [1.82, 2.24) is 29.5 Å². The van der Waals surface area contributed by atoms with Crippen LogP contribution in [0.1, 0.15) is 0 Å². The molecular weight excluding hydrogens is 156 g/mol. The Morgan fingerprint density at radius 3 is 2.40 bits per heavy atom. The Balaban J connectivity index is 0.0000001000. The van der Waals surface area contributed by atoms with E-state index in [0.717, 1.165) is 11.7 Å². The highest BCUT2D eigenvalue weighted by molar-refractivity contribution is 6.98. The average Bonchev–Trinajstić information content (AvgIpc) is 2.67. The summed E-state index contributed by atoms with van der Waals surface area (Å²) < 4.78 is 10.9. The second kappa shape index (κ2) is 4.44. The molecule has 2 heterocycles. The molecule has 0 spiro atoms. The largest absolute Gasteiger partial charge is 0.222 e. The van der Waals surface area contributed by atoms with Crippen molar-refractivity contribution in [2.45, 2.75) is 0 Å². The normalized spacial score (nSPS) is 8.00. The van der Waals surface area contributed by atoms with Gasteiger partial charge in [-0.25, -0.2) is 4.63 Å². The van der Waals surface area contributed by atoms with Gasteiger partial charge in [-0.05, 0) is 5.16 Å². The zero-order valence-corrected chi connectivity index (χ0v) is 5.47. The van der Waals surface area contributed by atoms with Crippen molar-refractivity contribution in [2.75, 3.05) is 0 Å². The van der Waals surface area contributed by atoms with Gasteiger partial charge < -0.3 is 0 Å². The van der Waals surface area contributed by atoms with Crippen LogP contribution in [0.25, 0.3) is 0 Å². The molecule has 2 rings (SSSR count). The lowest BCUT2D eigenvalue weighted by Gasteiger charge is -1.41. The van der Waals surface area contributed by atoms with E-state index in [2.05, 4.69) is 34.1 Å². The molecule has 0 saturated carbocycles. The maximum absolute atomic E-state index is 3.97. The van der Waals surface area contributed by atoms with Crippen molar-refractivity contribution in [3.8, 4) is 0 Å². The Kier molecular flexibility index (Phi) is 2.96. The summed E-state index contributed by atoms with van der Waals surface area (Å²) in [7, 11) is 0. The Morgan fingerprint density at radius 1 is 1.20 bits per heavy atom. The first kappa shape index (κ1) is 6.68. The van der Waals surface area contributed by atoms with E-state index in [9.17, 15) is 0 Å². The Bertz CT molecular complexity index is 155. The average molecular weight is 158 g/mol. The molecule has 0 aliphatic rings. The minimum absolute atomic E-state index is 1.10. The summed E-state index contributed by atoms with van der Waals surface area (Å²) in [5.41, 5.74) is 0. The molecule has 7 nitrogen and oxygen atoms in total. The summed E-state index contributed by atoms with van der Waals surface area (Å²) >= 11 is 1.10. The van der Waals surface area contributed by atoms with E-state index in [4.69, 9.17) is 0 Å². The Morgan fingerprint density at radius 2 is 2.20 bits per heavy atom. The van der Waals surface area contributed by atoms with Gasteiger partial charge in [0.25, 0.3) is 0 Å². The molecule has 0 bridgehead atoms. The van der Waals surface area contributed by atoms with Crippen molar-refractivity contribution in [2.24, 2.45) is 0 Å². The van der Waals surface area contributed by atoms with Crippen LogP contribution in [0.15, 0.2) is 17.3 Å². The lowest BCUT2D eigenvalue weighted by Crippen LogP contribution is -1.53. The summed E-state index contributed by atoms with van der Waals surface area (Å²) in [4.78, 5) is 0. The first-order valence-corrected chi connectivity index (χ1v) is 2.89. The predicted molar refractivity (Wildman–Crippen MR) is 29.8 cm³/mol. The van der Waals surface area contributed by atoms with Gasteiger partial charge >= 0.3 is 0 Å². The fourth-order valence-electron chi connectivity index (χ4n) is 0.211. The highest BCUT2D eigenvalue weighted by Crippen LogP contribution is 1.68. The molecule has 0 aliphatic carbocycles. The summed E-state index contributed by atoms with van der Waals surface area (Å²) in [6.45, 7) is 0. The second-order valence-corrected chi connectivity index (χ2v) is 1.54. The molecule has 0 fully saturated rings. The zero-order chi connectivity index (χ0) is 7.07. The molecule has 0 N–H and O–H groups in total. The van der Waals surface area contributed by atoms with Gasteiger partial charge in [-0.2, -0.15) is 4.37 Å². The van der Waals surface area contributed by atoms with Crippen molar-refractivity contribution in [3.63, 3.8) is 0 Å². The molecule has 2 aromatic heterocycles. The van der Waals surface area contributed by atoms with Gasteiger partial charge in [0.1, 0.15) is 0 Å². The molecule has 0 aromatic carbocycles. The van der Waals surface area contributed by atoms with Crippen molar-refractivity contribution >= 4 is 11.7 Å². The van der Waals surface area contributed by atoms with Crippen molar-refractivity contribution < 1.29 is 4.63 Å². The maximum Gasteiger partial charge on any atom is 0.183 e. The first-order chi connectivity index (χ1) is 5.00. The third-order valence-corrected chi connectivity index (χ3v) is 0.815. The molecule has 0 saturated heterocycles. The lowest BCUT2D eigenvalue weighted by atomic mass is 11.5. The summed E-state index contributed by atoms with van der Waals surface area (Å²) in [6, 6.07) is 0. The summed E-state index contributed by atoms with van der Waals surface area (Å²) in [6.07, 6.45) is 2.63. The molecule has 0 aliphatic heterocycles. The standard InChI is InChI=1S/CHN3O.CHN3S/c2*1-2-4-5-3-1/h2*1H. The molecule has 10 heavy (non-hydrogen) atoms. The van der Waals surface area contributed by atoms with Crippen LogP contribution >= 0.6 is 11.7 Å². The molecule has 0 radical (unpaired) electrons. The van der Waals surface area contributed by atoms with E-state index in [0.29, 0.717) is 0 Å². The van der Waals surface area contributed by atoms with Crippen LogP contribution in [0.4, 0.5) is 0 Å². The quantitative estimate of drug-likeness (QED) is 0.505. The van der Waals surface area contributed by atoms with E-state index in [1.165, 1.54) is 12.7 Å². The van der Waals surface area contributed by atoms with Gasteiger partial charge in [-0.15, -0.1) is 5.10 Å². The molecule has 8 heteroatoms. The van der Waals surface area contributed by atoms with Crippen LogP contribution in [-0.4, -0.2) is 29.5 Å². The summed E-state index contributed by atoms with van der Waals surface area (Å²) in [5, 5.41) is 12.7. The number of nitrogens with zero attached hydrogens (tertiary/aromatic N) is 6. The SMILES string of the molecule is c1nnon1.c1nnsn1. The molecule has 2 aromatic rings. The van der Waals surface area contributed by atoms with E-state index < -0.39 is 0 Å². The molecule has 52 valence electrons. The van der Waals surface area contributed by atoms with Crippen molar-refractivity contribution in [3.05, 3.63) is 12.7 Å². The van der Waals surface area contributed by atoms with Gasteiger partial charge in [0.2, 0.25) is 0 Å². The lowest BCUT2D eigenvalue weighted by molar-refractivity contribution is 0.292. The van der Waals surface area contributed by atoms with Gasteiger partial charge in [0, 0.05) is 0 Å². The summed E-state index contributed by atoms with van der Waals surface area (Å²) in [5.74, 6) is 0. The topological polar surface area (TPSA) is 90.5 Å². The fourth-order valence-corrected chi connectivity index (χ4v) is 0.422. The Labute approximate surface area is 59.4 Å². The van der Waals surface area contributed by atoms with Gasteiger partial charge in [0.15, 0.2) is 12.7 Å². The van der Waals surface area contributed by atoms with Crippen molar-refractivity contribution in [1.29, 1.82) is 0 Å². The number of rotatable bonds is 0. The van der Waals surface area contributed by atoms with Crippen LogP contribution in [0.2, 0.25) is 0 Å². The van der Waals surface area contributed by atoms with Gasteiger partial charge in [-0.3, -0.25) is 0 Å². The van der Waals surface area contributed by atoms with E-state index in [1.54, 1.807) is 0 Å². The third-order valence-electron chi connectivity index (χ3n) is 0.459. The second-order valence-electron chi connectivity index (χ2n) is 0.999. The molecular formula is C2H2N6OS. The molecule has 0 atom stereocenters. The van der Waals surface area contributed by atoms with E-state index >= 15 is 0 Å². The monoisotopic (exact) mass is 158 g/mol. The Hall–Kier alpha value is -1.44. The molecule has 0 amide bonds.